The van der Waals surface area contributed by atoms with Gasteiger partial charge in [-0.2, -0.15) is 0 Å². The van der Waals surface area contributed by atoms with E-state index in [-0.39, 0.29) is 5.60 Å². The molecule has 0 saturated heterocycles. The van der Waals surface area contributed by atoms with Gasteiger partial charge in [0.15, 0.2) is 0 Å². The molecular weight excluding hydrogens is 160 g/mol. The first kappa shape index (κ1) is 10.1. The molecule has 0 bridgehead atoms. The van der Waals surface area contributed by atoms with Crippen molar-refractivity contribution in [3.63, 3.8) is 0 Å². The Morgan fingerprint density at radius 1 is 1.54 bits per heavy atom. The predicted octanol–water partition coefficient (Wildman–Crippen LogP) is 3.59. The third-order valence-corrected chi connectivity index (χ3v) is 2.33. The Labute approximate surface area is 80.8 Å². The van der Waals surface area contributed by atoms with Crippen molar-refractivity contribution in [3.8, 4) is 0 Å². The van der Waals surface area contributed by atoms with Crippen molar-refractivity contribution >= 4 is 0 Å². The van der Waals surface area contributed by atoms with Crippen LogP contribution in [0.15, 0.2) is 36.1 Å². The molecule has 0 aromatic heterocycles. The van der Waals surface area contributed by atoms with E-state index in [9.17, 15) is 0 Å². The molecule has 13 heavy (non-hydrogen) atoms. The summed E-state index contributed by atoms with van der Waals surface area (Å²) in [7, 11) is 0. The van der Waals surface area contributed by atoms with E-state index in [0.29, 0.717) is 0 Å². The third kappa shape index (κ3) is 2.76. The van der Waals surface area contributed by atoms with Crippen LogP contribution in [0.1, 0.15) is 33.6 Å². The molecule has 0 aromatic rings. The Morgan fingerprint density at radius 2 is 2.23 bits per heavy atom. The van der Waals surface area contributed by atoms with E-state index in [0.717, 1.165) is 12.8 Å². The van der Waals surface area contributed by atoms with Crippen molar-refractivity contribution in [1.29, 1.82) is 0 Å². The molecule has 0 amide bonds. The maximum absolute atomic E-state index is 5.53. The molecule has 0 spiro atoms. The van der Waals surface area contributed by atoms with Gasteiger partial charge in [0, 0.05) is 0 Å². The molecule has 72 valence electrons. The topological polar surface area (TPSA) is 9.23 Å². The van der Waals surface area contributed by atoms with Gasteiger partial charge in [-0.25, -0.2) is 0 Å². The highest BCUT2D eigenvalue weighted by Gasteiger charge is 2.24. The molecule has 0 N–H and O–H groups in total. The zero-order valence-electron chi connectivity index (χ0n) is 8.76. The Balaban J connectivity index is 2.60. The zero-order valence-corrected chi connectivity index (χ0v) is 8.76. The SMILES string of the molecule is C=C(C)CCC1=CC=COC1(C)C. The summed E-state index contributed by atoms with van der Waals surface area (Å²) in [6, 6.07) is 0. The van der Waals surface area contributed by atoms with Crippen molar-refractivity contribution in [2.75, 3.05) is 0 Å². The molecule has 1 rings (SSSR count). The van der Waals surface area contributed by atoms with Crippen molar-refractivity contribution in [2.45, 2.75) is 39.2 Å². The Morgan fingerprint density at radius 3 is 2.77 bits per heavy atom. The van der Waals surface area contributed by atoms with Crippen LogP contribution < -0.4 is 0 Å². The monoisotopic (exact) mass is 178 g/mol. The van der Waals surface area contributed by atoms with Crippen LogP contribution in [0.3, 0.4) is 0 Å². The van der Waals surface area contributed by atoms with Crippen LogP contribution in [0, 0.1) is 0 Å². The zero-order chi connectivity index (χ0) is 9.90. The summed E-state index contributed by atoms with van der Waals surface area (Å²) in [6.45, 7) is 10.2. The molecule has 0 saturated carbocycles. The van der Waals surface area contributed by atoms with E-state index in [4.69, 9.17) is 4.74 Å². The average molecular weight is 178 g/mol. The summed E-state index contributed by atoms with van der Waals surface area (Å²) < 4.78 is 5.53. The molecule has 1 heterocycles. The number of hydrogen-bond acceptors (Lipinski definition) is 1. The van der Waals surface area contributed by atoms with Gasteiger partial charge in [0.05, 0.1) is 6.26 Å². The predicted molar refractivity (Wildman–Crippen MR) is 56.4 cm³/mol. The van der Waals surface area contributed by atoms with Crippen molar-refractivity contribution in [1.82, 2.24) is 0 Å². The number of rotatable bonds is 3. The molecule has 1 nitrogen and oxygen atoms in total. The minimum atomic E-state index is -0.135. The van der Waals surface area contributed by atoms with Crippen LogP contribution in [0.5, 0.6) is 0 Å². The normalized spacial score (nSPS) is 19.2. The molecular formula is C12H18O. The van der Waals surface area contributed by atoms with Crippen molar-refractivity contribution in [3.05, 3.63) is 36.1 Å². The number of allylic oxidation sites excluding steroid dienone is 3. The lowest BCUT2D eigenvalue weighted by Gasteiger charge is -2.30. The molecule has 1 aliphatic rings. The molecule has 0 radical (unpaired) electrons. The van der Waals surface area contributed by atoms with Crippen molar-refractivity contribution in [2.24, 2.45) is 0 Å². The first-order chi connectivity index (χ1) is 6.02. The second kappa shape index (κ2) is 3.82. The Kier molecular flexibility index (Phi) is 2.97. The van der Waals surface area contributed by atoms with Crippen LogP contribution in [0.25, 0.3) is 0 Å². The lowest BCUT2D eigenvalue weighted by Crippen LogP contribution is -2.26. The van der Waals surface area contributed by atoms with Gasteiger partial charge in [-0.05, 0) is 45.3 Å². The molecule has 0 unspecified atom stereocenters. The van der Waals surface area contributed by atoms with Gasteiger partial charge in [0.1, 0.15) is 5.60 Å². The molecule has 0 atom stereocenters. The standard InChI is InChI=1S/C12H18O/c1-10(2)7-8-11-6-5-9-13-12(11,3)4/h5-6,9H,1,7-8H2,2-4H3. The summed E-state index contributed by atoms with van der Waals surface area (Å²) in [4.78, 5) is 0. The van der Waals surface area contributed by atoms with Gasteiger partial charge in [0.25, 0.3) is 0 Å². The van der Waals surface area contributed by atoms with E-state index in [1.165, 1.54) is 11.1 Å². The fourth-order valence-corrected chi connectivity index (χ4v) is 1.37. The number of hydrogen-bond donors (Lipinski definition) is 0. The Hall–Kier alpha value is -0.980. The van der Waals surface area contributed by atoms with Gasteiger partial charge >= 0.3 is 0 Å². The van der Waals surface area contributed by atoms with E-state index < -0.39 is 0 Å². The second-order valence-corrected chi connectivity index (χ2v) is 4.11. The highest BCUT2D eigenvalue weighted by molar-refractivity contribution is 5.24. The van der Waals surface area contributed by atoms with Crippen LogP contribution in [0.4, 0.5) is 0 Å². The highest BCUT2D eigenvalue weighted by Crippen LogP contribution is 2.28. The van der Waals surface area contributed by atoms with E-state index >= 15 is 0 Å². The summed E-state index contributed by atoms with van der Waals surface area (Å²) >= 11 is 0. The summed E-state index contributed by atoms with van der Waals surface area (Å²) in [5.74, 6) is 0. The molecule has 1 aliphatic heterocycles. The number of ether oxygens (including phenoxy) is 1. The lowest BCUT2D eigenvalue weighted by atomic mass is 9.91. The smallest absolute Gasteiger partial charge is 0.124 e. The molecule has 1 heteroatoms. The minimum Gasteiger partial charge on any atom is -0.491 e. The van der Waals surface area contributed by atoms with E-state index in [2.05, 4.69) is 33.4 Å². The maximum Gasteiger partial charge on any atom is 0.124 e. The molecule has 0 aliphatic carbocycles. The van der Waals surface area contributed by atoms with Gasteiger partial charge in [0.2, 0.25) is 0 Å². The maximum atomic E-state index is 5.53. The fraction of sp³-hybridized carbons (Fsp3) is 0.500. The van der Waals surface area contributed by atoms with Gasteiger partial charge < -0.3 is 4.74 Å². The first-order valence-corrected chi connectivity index (χ1v) is 4.71. The quantitative estimate of drug-likeness (QED) is 0.600. The Bertz CT molecular complexity index is 256. The summed E-state index contributed by atoms with van der Waals surface area (Å²) in [6.07, 6.45) is 7.95. The van der Waals surface area contributed by atoms with Crippen LogP contribution >= 0.6 is 0 Å². The first-order valence-electron chi connectivity index (χ1n) is 4.71. The van der Waals surface area contributed by atoms with E-state index in [1.807, 2.05) is 6.08 Å². The largest absolute Gasteiger partial charge is 0.491 e. The molecule has 0 fully saturated rings. The van der Waals surface area contributed by atoms with Crippen molar-refractivity contribution < 1.29 is 4.74 Å². The summed E-state index contributed by atoms with van der Waals surface area (Å²) in [5.41, 5.74) is 2.44. The van der Waals surface area contributed by atoms with E-state index in [1.54, 1.807) is 6.26 Å². The summed E-state index contributed by atoms with van der Waals surface area (Å²) in [5, 5.41) is 0. The van der Waals surface area contributed by atoms with Gasteiger partial charge in [-0.3, -0.25) is 0 Å². The van der Waals surface area contributed by atoms with Crippen LogP contribution in [-0.2, 0) is 4.74 Å². The van der Waals surface area contributed by atoms with Gasteiger partial charge in [-0.15, -0.1) is 6.58 Å². The van der Waals surface area contributed by atoms with Crippen LogP contribution in [-0.4, -0.2) is 5.60 Å². The third-order valence-electron chi connectivity index (χ3n) is 2.33. The minimum absolute atomic E-state index is 0.135. The highest BCUT2D eigenvalue weighted by atomic mass is 16.5. The molecule has 0 aromatic carbocycles. The lowest BCUT2D eigenvalue weighted by molar-refractivity contribution is 0.0860. The van der Waals surface area contributed by atoms with Crippen LogP contribution in [0.2, 0.25) is 0 Å². The second-order valence-electron chi connectivity index (χ2n) is 4.11. The fourth-order valence-electron chi connectivity index (χ4n) is 1.37. The average Bonchev–Trinajstić information content (AvgIpc) is 2.01. The van der Waals surface area contributed by atoms with Gasteiger partial charge in [-0.1, -0.05) is 11.6 Å².